The SMILES string of the molecule is O=CCCOc1cc(-c2cc(=O)c3cccc(Cl)c3o2)c(F)cc1Br. The van der Waals surface area contributed by atoms with Crippen LogP contribution >= 0.6 is 27.5 Å². The third-order valence-corrected chi connectivity index (χ3v) is 4.40. The normalized spacial score (nSPS) is 10.8. The number of fused-ring (bicyclic) bond motifs is 1. The third-order valence-electron chi connectivity index (χ3n) is 3.49. The minimum atomic E-state index is -0.593. The number of aldehydes is 1. The van der Waals surface area contributed by atoms with Crippen molar-refractivity contribution in [2.45, 2.75) is 6.42 Å². The molecule has 1 heterocycles. The van der Waals surface area contributed by atoms with Crippen molar-refractivity contribution in [3.8, 4) is 17.1 Å². The van der Waals surface area contributed by atoms with Crippen molar-refractivity contribution in [1.82, 2.24) is 0 Å². The summed E-state index contributed by atoms with van der Waals surface area (Å²) in [7, 11) is 0. The van der Waals surface area contributed by atoms with Gasteiger partial charge in [-0.15, -0.1) is 0 Å². The van der Waals surface area contributed by atoms with E-state index in [4.69, 9.17) is 20.8 Å². The van der Waals surface area contributed by atoms with E-state index >= 15 is 0 Å². The first kappa shape index (κ1) is 17.6. The maximum atomic E-state index is 14.4. The molecule has 0 bridgehead atoms. The summed E-state index contributed by atoms with van der Waals surface area (Å²) in [4.78, 5) is 22.7. The average molecular weight is 426 g/mol. The Morgan fingerprint density at radius 3 is 2.84 bits per heavy atom. The summed E-state index contributed by atoms with van der Waals surface area (Å²) in [5.41, 5.74) is -0.0786. The molecule has 0 aliphatic rings. The van der Waals surface area contributed by atoms with E-state index in [1.54, 1.807) is 18.2 Å². The summed E-state index contributed by atoms with van der Waals surface area (Å²) >= 11 is 9.28. The standard InChI is InChI=1S/C18H11BrClFO4/c19-12-8-14(21)11(7-17(12)24-6-2-5-22)16-9-15(23)10-3-1-4-13(20)18(10)25-16/h1,3-5,7-9H,2,6H2. The van der Waals surface area contributed by atoms with Crippen molar-refractivity contribution in [3.05, 3.63) is 61.9 Å². The molecule has 0 spiro atoms. The second-order valence-corrected chi connectivity index (χ2v) is 6.42. The first-order valence-electron chi connectivity index (χ1n) is 7.29. The van der Waals surface area contributed by atoms with Crippen LogP contribution in [0.2, 0.25) is 5.02 Å². The van der Waals surface area contributed by atoms with E-state index in [9.17, 15) is 14.0 Å². The van der Waals surface area contributed by atoms with Crippen molar-refractivity contribution in [1.29, 1.82) is 0 Å². The van der Waals surface area contributed by atoms with Crippen LogP contribution in [0.15, 0.2) is 50.1 Å². The molecule has 0 atom stereocenters. The Balaban J connectivity index is 2.14. The molecule has 128 valence electrons. The Morgan fingerprint density at radius 1 is 1.28 bits per heavy atom. The fraction of sp³-hybridized carbons (Fsp3) is 0.111. The van der Waals surface area contributed by atoms with E-state index in [0.717, 1.165) is 6.29 Å². The molecule has 0 saturated heterocycles. The molecule has 0 saturated carbocycles. The smallest absolute Gasteiger partial charge is 0.193 e. The zero-order valence-corrected chi connectivity index (χ0v) is 15.1. The summed E-state index contributed by atoms with van der Waals surface area (Å²) in [6.45, 7) is 0.153. The molecule has 0 aliphatic carbocycles. The van der Waals surface area contributed by atoms with Crippen molar-refractivity contribution in [3.63, 3.8) is 0 Å². The van der Waals surface area contributed by atoms with Crippen LogP contribution in [-0.2, 0) is 4.79 Å². The monoisotopic (exact) mass is 424 g/mol. The topological polar surface area (TPSA) is 56.5 Å². The zero-order valence-electron chi connectivity index (χ0n) is 12.7. The highest BCUT2D eigenvalue weighted by Gasteiger charge is 2.16. The molecule has 3 aromatic rings. The lowest BCUT2D eigenvalue weighted by Crippen LogP contribution is -2.02. The minimum Gasteiger partial charge on any atom is -0.492 e. The molecule has 0 unspecified atom stereocenters. The molecule has 0 amide bonds. The molecule has 3 rings (SSSR count). The van der Waals surface area contributed by atoms with Gasteiger partial charge in [-0.2, -0.15) is 0 Å². The average Bonchev–Trinajstić information content (AvgIpc) is 2.58. The Morgan fingerprint density at radius 2 is 2.08 bits per heavy atom. The number of hydrogen-bond donors (Lipinski definition) is 0. The molecular formula is C18H11BrClFO4. The van der Waals surface area contributed by atoms with Crippen LogP contribution in [0.1, 0.15) is 6.42 Å². The highest BCUT2D eigenvalue weighted by atomic mass is 79.9. The molecule has 7 heteroatoms. The maximum absolute atomic E-state index is 14.4. The predicted octanol–water partition coefficient (Wildman–Crippen LogP) is 4.98. The Hall–Kier alpha value is -2.18. The highest BCUT2D eigenvalue weighted by molar-refractivity contribution is 9.10. The van der Waals surface area contributed by atoms with Crippen molar-refractivity contribution in [2.75, 3.05) is 6.61 Å². The van der Waals surface area contributed by atoms with Crippen LogP contribution in [0.5, 0.6) is 5.75 Å². The lowest BCUT2D eigenvalue weighted by Gasteiger charge is -2.11. The Bertz CT molecular complexity index is 1020. The number of halogens is 3. The Kier molecular flexibility index (Phi) is 5.20. The van der Waals surface area contributed by atoms with Crippen LogP contribution in [0, 0.1) is 5.82 Å². The van der Waals surface area contributed by atoms with E-state index in [0.29, 0.717) is 15.6 Å². The van der Waals surface area contributed by atoms with E-state index in [1.807, 2.05) is 0 Å². The van der Waals surface area contributed by atoms with Gasteiger partial charge in [0, 0.05) is 12.5 Å². The van der Waals surface area contributed by atoms with Crippen LogP contribution in [-0.4, -0.2) is 12.9 Å². The largest absolute Gasteiger partial charge is 0.492 e. The fourth-order valence-electron chi connectivity index (χ4n) is 2.32. The van der Waals surface area contributed by atoms with E-state index < -0.39 is 5.82 Å². The molecule has 1 aromatic heterocycles. The van der Waals surface area contributed by atoms with Crippen LogP contribution in [0.25, 0.3) is 22.3 Å². The second-order valence-electron chi connectivity index (χ2n) is 5.16. The highest BCUT2D eigenvalue weighted by Crippen LogP contribution is 2.35. The lowest BCUT2D eigenvalue weighted by molar-refractivity contribution is -0.108. The molecule has 25 heavy (non-hydrogen) atoms. The number of para-hydroxylation sites is 1. The number of ether oxygens (including phenoxy) is 1. The van der Waals surface area contributed by atoms with Gasteiger partial charge in [-0.25, -0.2) is 4.39 Å². The van der Waals surface area contributed by atoms with E-state index in [2.05, 4.69) is 15.9 Å². The number of rotatable bonds is 5. The van der Waals surface area contributed by atoms with Crippen molar-refractivity contribution < 1.29 is 18.3 Å². The summed E-state index contributed by atoms with van der Waals surface area (Å²) in [5, 5.41) is 0.577. The number of benzene rings is 2. The lowest BCUT2D eigenvalue weighted by atomic mass is 10.1. The van der Waals surface area contributed by atoms with Gasteiger partial charge in [0.15, 0.2) is 11.0 Å². The van der Waals surface area contributed by atoms with Crippen LogP contribution < -0.4 is 10.2 Å². The zero-order chi connectivity index (χ0) is 18.0. The first-order valence-corrected chi connectivity index (χ1v) is 8.46. The number of carbonyl (C=O) groups is 1. The third kappa shape index (κ3) is 3.60. The minimum absolute atomic E-state index is 0.0378. The molecule has 0 aliphatic heterocycles. The van der Waals surface area contributed by atoms with Crippen LogP contribution in [0.3, 0.4) is 0 Å². The van der Waals surface area contributed by atoms with Gasteiger partial charge in [-0.3, -0.25) is 4.79 Å². The van der Waals surface area contributed by atoms with Gasteiger partial charge in [0.2, 0.25) is 0 Å². The van der Waals surface area contributed by atoms with Crippen molar-refractivity contribution >= 4 is 44.8 Å². The predicted molar refractivity (Wildman–Crippen MR) is 96.8 cm³/mol. The fourth-order valence-corrected chi connectivity index (χ4v) is 2.96. The number of carbonyl (C=O) groups excluding carboxylic acids is 1. The molecule has 0 fully saturated rings. The maximum Gasteiger partial charge on any atom is 0.193 e. The quantitative estimate of drug-likeness (QED) is 0.427. The van der Waals surface area contributed by atoms with Gasteiger partial charge in [-0.05, 0) is 40.2 Å². The summed E-state index contributed by atoms with van der Waals surface area (Å²) < 4.78 is 25.9. The first-order chi connectivity index (χ1) is 12.0. The second kappa shape index (κ2) is 7.37. The number of hydrogen-bond acceptors (Lipinski definition) is 4. The molecular weight excluding hydrogens is 415 g/mol. The molecule has 4 nitrogen and oxygen atoms in total. The summed E-state index contributed by atoms with van der Waals surface area (Å²) in [6, 6.07) is 8.64. The van der Waals surface area contributed by atoms with Gasteiger partial charge in [-0.1, -0.05) is 17.7 Å². The summed E-state index contributed by atoms with van der Waals surface area (Å²) in [6.07, 6.45) is 0.933. The Labute approximate surface area is 155 Å². The van der Waals surface area contributed by atoms with Crippen molar-refractivity contribution in [2.24, 2.45) is 0 Å². The van der Waals surface area contributed by atoms with Gasteiger partial charge in [0.1, 0.15) is 23.6 Å². The molecule has 0 radical (unpaired) electrons. The van der Waals surface area contributed by atoms with Gasteiger partial charge in [0.25, 0.3) is 0 Å². The summed E-state index contributed by atoms with van der Waals surface area (Å²) in [5.74, 6) is -0.222. The van der Waals surface area contributed by atoms with Crippen LogP contribution in [0.4, 0.5) is 4.39 Å². The van der Waals surface area contributed by atoms with Gasteiger partial charge < -0.3 is 13.9 Å². The van der Waals surface area contributed by atoms with Gasteiger partial charge >= 0.3 is 0 Å². The van der Waals surface area contributed by atoms with E-state index in [1.165, 1.54) is 18.2 Å². The van der Waals surface area contributed by atoms with E-state index in [-0.39, 0.29) is 40.4 Å². The molecule has 0 N–H and O–H groups in total. The van der Waals surface area contributed by atoms with Gasteiger partial charge in [0.05, 0.1) is 27.1 Å². The molecule has 2 aromatic carbocycles.